The van der Waals surface area contributed by atoms with E-state index in [4.69, 9.17) is 4.74 Å². The second kappa shape index (κ2) is 9.13. The molecule has 182 valence electrons. The van der Waals surface area contributed by atoms with E-state index in [0.29, 0.717) is 28.4 Å². The van der Waals surface area contributed by atoms with E-state index in [2.05, 4.69) is 4.98 Å². The molecule has 0 bridgehead atoms. The van der Waals surface area contributed by atoms with Crippen LogP contribution in [0.2, 0.25) is 0 Å². The molecule has 36 heavy (non-hydrogen) atoms. The molecule has 8 heteroatoms. The van der Waals surface area contributed by atoms with Crippen LogP contribution >= 0.6 is 11.3 Å². The molecule has 2 heterocycles. The molecule has 4 aromatic rings. The van der Waals surface area contributed by atoms with E-state index in [-0.39, 0.29) is 22.8 Å². The van der Waals surface area contributed by atoms with Crippen molar-refractivity contribution in [3.8, 4) is 11.5 Å². The van der Waals surface area contributed by atoms with E-state index in [1.165, 1.54) is 22.3 Å². The molecule has 1 aliphatic heterocycles. The molecule has 3 aromatic carbocycles. The summed E-state index contributed by atoms with van der Waals surface area (Å²) in [7, 11) is 0. The standard InChI is InChI=1S/C28H24N2O5S/c1-4-35-21-14-18(10-12-20(21)31)24-23(25(32)17-8-5-15(2)6-9-17)26(33)27(34)30(24)28-29-19-11-7-16(3)13-22(19)36-28/h5-14,24,31-32H,4H2,1-3H3/b25-23+. The smallest absolute Gasteiger partial charge is 0.301 e. The van der Waals surface area contributed by atoms with Crippen LogP contribution < -0.4 is 9.64 Å². The number of carbonyl (C=O) groups is 2. The van der Waals surface area contributed by atoms with Gasteiger partial charge in [-0.15, -0.1) is 0 Å². The topological polar surface area (TPSA) is 100.0 Å². The Morgan fingerprint density at radius 3 is 2.47 bits per heavy atom. The van der Waals surface area contributed by atoms with Crippen LogP contribution in [0.1, 0.15) is 35.2 Å². The quantitative estimate of drug-likeness (QED) is 0.209. The highest BCUT2D eigenvalue weighted by Gasteiger charge is 2.48. The van der Waals surface area contributed by atoms with Crippen LogP contribution in [0.3, 0.4) is 0 Å². The normalized spacial score (nSPS) is 17.2. The molecule has 1 aliphatic rings. The molecule has 2 N–H and O–H groups in total. The van der Waals surface area contributed by atoms with Gasteiger partial charge >= 0.3 is 5.91 Å². The Kier molecular flexibility index (Phi) is 5.97. The van der Waals surface area contributed by atoms with Crippen molar-refractivity contribution in [2.24, 2.45) is 0 Å². The number of aromatic hydroxyl groups is 1. The van der Waals surface area contributed by atoms with Gasteiger partial charge in [0.2, 0.25) is 0 Å². The van der Waals surface area contributed by atoms with E-state index in [0.717, 1.165) is 15.8 Å². The van der Waals surface area contributed by atoms with Crippen molar-refractivity contribution in [1.82, 2.24) is 4.98 Å². The Balaban J connectivity index is 1.74. The number of rotatable bonds is 5. The Labute approximate surface area is 211 Å². The number of aromatic nitrogens is 1. The number of nitrogens with zero attached hydrogens (tertiary/aromatic N) is 2. The fraction of sp³-hybridized carbons (Fsp3) is 0.179. The Morgan fingerprint density at radius 1 is 1.03 bits per heavy atom. The molecule has 1 atom stereocenters. The second-order valence-electron chi connectivity index (χ2n) is 8.66. The Bertz CT molecular complexity index is 1540. The van der Waals surface area contributed by atoms with Crippen LogP contribution in [0.5, 0.6) is 11.5 Å². The molecule has 0 spiro atoms. The largest absolute Gasteiger partial charge is 0.507 e. The first kappa shape index (κ1) is 23.6. The lowest BCUT2D eigenvalue weighted by atomic mass is 9.95. The number of thiazole rings is 1. The fourth-order valence-corrected chi connectivity index (χ4v) is 5.40. The molecule has 0 radical (unpaired) electrons. The van der Waals surface area contributed by atoms with Gasteiger partial charge in [-0.3, -0.25) is 14.5 Å². The summed E-state index contributed by atoms with van der Waals surface area (Å²) in [5, 5.41) is 21.9. The fourth-order valence-electron chi connectivity index (χ4n) is 4.31. The molecule has 1 unspecified atom stereocenters. The van der Waals surface area contributed by atoms with Crippen LogP contribution in [0.25, 0.3) is 16.0 Å². The van der Waals surface area contributed by atoms with Crippen LogP contribution in [0, 0.1) is 13.8 Å². The van der Waals surface area contributed by atoms with Crippen LogP contribution in [-0.2, 0) is 9.59 Å². The number of ketones is 1. The number of ether oxygens (including phenoxy) is 1. The number of amides is 1. The summed E-state index contributed by atoms with van der Waals surface area (Å²) in [5.41, 5.74) is 3.63. The highest BCUT2D eigenvalue weighted by atomic mass is 32.1. The SMILES string of the molecule is CCOc1cc(C2/C(=C(\O)c3ccc(C)cc3)C(=O)C(=O)N2c2nc3ccc(C)cc3s2)ccc1O. The maximum Gasteiger partial charge on any atom is 0.301 e. The zero-order valence-electron chi connectivity index (χ0n) is 20.0. The number of fused-ring (bicyclic) bond motifs is 1. The molecular formula is C28H24N2O5S. The van der Waals surface area contributed by atoms with Gasteiger partial charge in [0.15, 0.2) is 16.6 Å². The first-order chi connectivity index (χ1) is 17.3. The number of aryl methyl sites for hydroxylation is 2. The van der Waals surface area contributed by atoms with Gasteiger partial charge in [-0.2, -0.15) is 0 Å². The van der Waals surface area contributed by atoms with Gasteiger partial charge in [-0.25, -0.2) is 4.98 Å². The number of hydrogen-bond acceptors (Lipinski definition) is 7. The summed E-state index contributed by atoms with van der Waals surface area (Å²) in [4.78, 5) is 32.8. The lowest BCUT2D eigenvalue weighted by Gasteiger charge is -2.23. The van der Waals surface area contributed by atoms with E-state index in [1.54, 1.807) is 31.2 Å². The predicted molar refractivity (Wildman–Crippen MR) is 140 cm³/mol. The molecule has 1 fully saturated rings. The summed E-state index contributed by atoms with van der Waals surface area (Å²) in [6.45, 7) is 6.00. The van der Waals surface area contributed by atoms with Gasteiger partial charge in [0.1, 0.15) is 5.76 Å². The average Bonchev–Trinajstić information content (AvgIpc) is 3.38. The number of hydrogen-bond donors (Lipinski definition) is 2. The summed E-state index contributed by atoms with van der Waals surface area (Å²) >= 11 is 1.30. The van der Waals surface area contributed by atoms with E-state index in [1.807, 2.05) is 44.2 Å². The number of Topliss-reactive ketones (excluding diaryl/α,β-unsaturated/α-hetero) is 1. The maximum absolute atomic E-state index is 13.4. The number of anilines is 1. The minimum atomic E-state index is -0.965. The lowest BCUT2D eigenvalue weighted by molar-refractivity contribution is -0.132. The molecule has 1 saturated heterocycles. The minimum Gasteiger partial charge on any atom is -0.507 e. The zero-order chi connectivity index (χ0) is 25.6. The van der Waals surface area contributed by atoms with Crippen molar-refractivity contribution in [1.29, 1.82) is 0 Å². The van der Waals surface area contributed by atoms with Crippen molar-refractivity contribution in [2.75, 3.05) is 11.5 Å². The molecule has 1 amide bonds. The van der Waals surface area contributed by atoms with Crippen molar-refractivity contribution in [3.05, 3.63) is 88.5 Å². The molecule has 1 aromatic heterocycles. The first-order valence-corrected chi connectivity index (χ1v) is 12.3. The number of phenolic OH excluding ortho intramolecular Hbond substituents is 1. The summed E-state index contributed by atoms with van der Waals surface area (Å²) in [5.74, 6) is -1.71. The Hall–Kier alpha value is -4.17. The predicted octanol–water partition coefficient (Wildman–Crippen LogP) is 5.64. The Morgan fingerprint density at radius 2 is 1.75 bits per heavy atom. The van der Waals surface area contributed by atoms with Crippen molar-refractivity contribution in [3.63, 3.8) is 0 Å². The molecule has 0 saturated carbocycles. The lowest BCUT2D eigenvalue weighted by Crippen LogP contribution is -2.29. The average molecular weight is 501 g/mol. The third-order valence-corrected chi connectivity index (χ3v) is 7.13. The maximum atomic E-state index is 13.4. The monoisotopic (exact) mass is 500 g/mol. The summed E-state index contributed by atoms with van der Waals surface area (Å²) in [6, 6.07) is 16.5. The van der Waals surface area contributed by atoms with Crippen molar-refractivity contribution in [2.45, 2.75) is 26.8 Å². The highest BCUT2D eigenvalue weighted by molar-refractivity contribution is 7.22. The van der Waals surface area contributed by atoms with E-state index in [9.17, 15) is 19.8 Å². The third kappa shape index (κ3) is 3.99. The highest BCUT2D eigenvalue weighted by Crippen LogP contribution is 2.45. The number of aliphatic hydroxyl groups is 1. The molecule has 5 rings (SSSR count). The van der Waals surface area contributed by atoms with Gasteiger partial charge < -0.3 is 14.9 Å². The van der Waals surface area contributed by atoms with Gasteiger partial charge in [0, 0.05) is 5.56 Å². The van der Waals surface area contributed by atoms with Crippen LogP contribution in [0.15, 0.2) is 66.2 Å². The van der Waals surface area contributed by atoms with Crippen molar-refractivity contribution < 1.29 is 24.5 Å². The minimum absolute atomic E-state index is 0.0487. The molecule has 7 nitrogen and oxygen atoms in total. The van der Waals surface area contributed by atoms with Gasteiger partial charge in [0.25, 0.3) is 5.78 Å². The van der Waals surface area contributed by atoms with Gasteiger partial charge in [0.05, 0.1) is 28.4 Å². The van der Waals surface area contributed by atoms with Crippen LogP contribution in [-0.4, -0.2) is 33.5 Å². The van der Waals surface area contributed by atoms with Gasteiger partial charge in [-0.1, -0.05) is 53.3 Å². The molecule has 0 aliphatic carbocycles. The number of benzene rings is 3. The van der Waals surface area contributed by atoms with E-state index >= 15 is 0 Å². The van der Waals surface area contributed by atoms with Crippen LogP contribution in [0.4, 0.5) is 5.13 Å². The summed E-state index contributed by atoms with van der Waals surface area (Å²) < 4.78 is 6.44. The van der Waals surface area contributed by atoms with E-state index < -0.39 is 17.7 Å². The second-order valence-corrected chi connectivity index (χ2v) is 9.67. The molecular weight excluding hydrogens is 476 g/mol. The number of carbonyl (C=O) groups excluding carboxylic acids is 2. The summed E-state index contributed by atoms with van der Waals surface area (Å²) in [6.07, 6.45) is 0. The number of phenols is 1. The third-order valence-electron chi connectivity index (χ3n) is 6.11. The van der Waals surface area contributed by atoms with Gasteiger partial charge in [-0.05, 0) is 56.2 Å². The van der Waals surface area contributed by atoms with Crippen molar-refractivity contribution >= 4 is 44.1 Å². The first-order valence-electron chi connectivity index (χ1n) is 11.5. The number of aliphatic hydroxyl groups excluding tert-OH is 1. The zero-order valence-corrected chi connectivity index (χ0v) is 20.8.